The first kappa shape index (κ1) is 18.8. The molecule has 2 saturated heterocycles. The lowest BCUT2D eigenvalue weighted by Gasteiger charge is -2.50. The maximum atomic E-state index is 13.4. The number of rotatable bonds is 0. The molecule has 3 aliphatic heterocycles. The van der Waals surface area contributed by atoms with Gasteiger partial charge in [0.05, 0.1) is 11.6 Å². The standard InChI is InChI=1S/C21H23N5O4/c1-12-7-6-10-26-15(12)22-16-13(17(26)27)11-21(14-8-4-3-5-9-25(14)16)18(28)23-20(30)24(2)19(21)29/h6-7,10,14H,3-5,8-9,11H2,1-2H3,(H,23,28,30)/t14-,21-/m1/s1. The molecular weight excluding hydrogens is 386 g/mol. The van der Waals surface area contributed by atoms with Crippen molar-refractivity contribution >= 4 is 29.3 Å². The zero-order valence-electron chi connectivity index (χ0n) is 17.0. The summed E-state index contributed by atoms with van der Waals surface area (Å²) in [5, 5.41) is 2.34. The van der Waals surface area contributed by atoms with Crippen molar-refractivity contribution in [3.05, 3.63) is 39.8 Å². The van der Waals surface area contributed by atoms with E-state index in [4.69, 9.17) is 4.98 Å². The summed E-state index contributed by atoms with van der Waals surface area (Å²) in [5.41, 5.74) is 0.00929. The Morgan fingerprint density at radius 2 is 1.97 bits per heavy atom. The number of nitrogens with one attached hydrogen (secondary N) is 1. The van der Waals surface area contributed by atoms with E-state index in [1.807, 2.05) is 17.9 Å². The van der Waals surface area contributed by atoms with Crippen LogP contribution in [0.1, 0.15) is 36.8 Å². The minimum Gasteiger partial charge on any atom is -0.352 e. The maximum Gasteiger partial charge on any atom is 0.330 e. The van der Waals surface area contributed by atoms with Crippen molar-refractivity contribution in [1.29, 1.82) is 0 Å². The maximum absolute atomic E-state index is 13.4. The number of carbonyl (C=O) groups excluding carboxylic acids is 3. The summed E-state index contributed by atoms with van der Waals surface area (Å²) in [6, 6.07) is 2.49. The van der Waals surface area contributed by atoms with Gasteiger partial charge in [-0.2, -0.15) is 0 Å². The number of barbiturate groups is 1. The van der Waals surface area contributed by atoms with Gasteiger partial charge in [0.15, 0.2) is 5.41 Å². The van der Waals surface area contributed by atoms with Gasteiger partial charge in [0, 0.05) is 26.2 Å². The predicted octanol–water partition coefficient (Wildman–Crippen LogP) is 1.00. The Balaban J connectivity index is 1.81. The molecule has 2 aromatic heterocycles. The van der Waals surface area contributed by atoms with Crippen molar-refractivity contribution in [2.45, 2.75) is 45.1 Å². The van der Waals surface area contributed by atoms with Crippen LogP contribution in [0.3, 0.4) is 0 Å². The third-order valence-corrected chi connectivity index (χ3v) is 6.79. The fourth-order valence-electron chi connectivity index (χ4n) is 5.22. The van der Waals surface area contributed by atoms with Gasteiger partial charge in [-0.15, -0.1) is 0 Å². The highest BCUT2D eigenvalue weighted by molar-refractivity contribution is 6.20. The van der Waals surface area contributed by atoms with E-state index in [-0.39, 0.29) is 12.0 Å². The second-order valence-electron chi connectivity index (χ2n) is 8.43. The summed E-state index contributed by atoms with van der Waals surface area (Å²) < 4.78 is 1.47. The second-order valence-corrected chi connectivity index (χ2v) is 8.43. The van der Waals surface area contributed by atoms with Gasteiger partial charge in [0.1, 0.15) is 11.5 Å². The summed E-state index contributed by atoms with van der Waals surface area (Å²) in [7, 11) is 1.37. The molecule has 0 aromatic carbocycles. The van der Waals surface area contributed by atoms with Gasteiger partial charge in [-0.3, -0.25) is 29.0 Å². The number of anilines is 1. The Bertz CT molecular complexity index is 1170. The van der Waals surface area contributed by atoms with Crippen molar-refractivity contribution in [2.24, 2.45) is 5.41 Å². The van der Waals surface area contributed by atoms with E-state index < -0.39 is 29.3 Å². The minimum atomic E-state index is -1.51. The van der Waals surface area contributed by atoms with Crippen LogP contribution in [-0.4, -0.2) is 51.8 Å². The number of aryl methyl sites for hydroxylation is 1. The molecule has 5 heterocycles. The Hall–Kier alpha value is -3.23. The smallest absolute Gasteiger partial charge is 0.330 e. The zero-order valence-corrected chi connectivity index (χ0v) is 17.0. The molecule has 2 aromatic rings. The number of fused-ring (bicyclic) bond motifs is 5. The first-order chi connectivity index (χ1) is 14.4. The summed E-state index contributed by atoms with van der Waals surface area (Å²) >= 11 is 0. The average Bonchev–Trinajstić information content (AvgIpc) is 2.99. The molecule has 1 spiro atoms. The molecule has 2 fully saturated rings. The van der Waals surface area contributed by atoms with Gasteiger partial charge in [0.2, 0.25) is 11.8 Å². The third-order valence-electron chi connectivity index (χ3n) is 6.79. The minimum absolute atomic E-state index is 0.0610. The lowest BCUT2D eigenvalue weighted by molar-refractivity contribution is -0.152. The monoisotopic (exact) mass is 409 g/mol. The van der Waals surface area contributed by atoms with Crippen LogP contribution in [0.5, 0.6) is 0 Å². The van der Waals surface area contributed by atoms with Crippen molar-refractivity contribution in [3.63, 3.8) is 0 Å². The molecule has 0 aliphatic carbocycles. The molecule has 9 heteroatoms. The first-order valence-electron chi connectivity index (χ1n) is 10.3. The molecule has 1 N–H and O–H groups in total. The number of nitrogens with zero attached hydrogens (tertiary/aromatic N) is 4. The fraction of sp³-hybridized carbons (Fsp3) is 0.476. The van der Waals surface area contributed by atoms with Crippen LogP contribution in [0.15, 0.2) is 23.1 Å². The molecule has 156 valence electrons. The molecule has 2 atom stereocenters. The first-order valence-corrected chi connectivity index (χ1v) is 10.3. The zero-order chi connectivity index (χ0) is 21.2. The van der Waals surface area contributed by atoms with Gasteiger partial charge in [0.25, 0.3) is 5.56 Å². The quantitative estimate of drug-likeness (QED) is 0.651. The van der Waals surface area contributed by atoms with E-state index in [1.165, 1.54) is 11.4 Å². The van der Waals surface area contributed by atoms with E-state index in [0.29, 0.717) is 30.0 Å². The normalized spacial score (nSPS) is 26.5. The molecule has 5 rings (SSSR count). The number of amides is 4. The molecule has 0 bridgehead atoms. The van der Waals surface area contributed by atoms with E-state index in [0.717, 1.165) is 29.7 Å². The van der Waals surface area contributed by atoms with Crippen LogP contribution < -0.4 is 15.8 Å². The van der Waals surface area contributed by atoms with Crippen LogP contribution in [0, 0.1) is 12.3 Å². The number of imide groups is 2. The number of aromatic nitrogens is 2. The molecule has 3 aliphatic rings. The van der Waals surface area contributed by atoms with Crippen molar-refractivity contribution in [1.82, 2.24) is 19.6 Å². The highest BCUT2D eigenvalue weighted by Gasteiger charge is 2.62. The molecular formula is C21H23N5O4. The number of pyridine rings is 1. The molecule has 30 heavy (non-hydrogen) atoms. The van der Waals surface area contributed by atoms with Gasteiger partial charge >= 0.3 is 6.03 Å². The highest BCUT2D eigenvalue weighted by atomic mass is 16.2. The number of hydrogen-bond donors (Lipinski definition) is 1. The van der Waals surface area contributed by atoms with Gasteiger partial charge < -0.3 is 4.90 Å². The lowest BCUT2D eigenvalue weighted by Crippen LogP contribution is -2.71. The van der Waals surface area contributed by atoms with E-state index >= 15 is 0 Å². The van der Waals surface area contributed by atoms with Crippen LogP contribution in [0.4, 0.5) is 10.6 Å². The van der Waals surface area contributed by atoms with Crippen LogP contribution in [0.25, 0.3) is 5.65 Å². The van der Waals surface area contributed by atoms with E-state index in [2.05, 4.69) is 5.32 Å². The summed E-state index contributed by atoms with van der Waals surface area (Å²) in [6.45, 7) is 2.50. The number of carbonyl (C=O) groups is 3. The van der Waals surface area contributed by atoms with Crippen molar-refractivity contribution in [2.75, 3.05) is 18.5 Å². The summed E-state index contributed by atoms with van der Waals surface area (Å²) in [6.07, 6.45) is 4.92. The number of hydrogen-bond acceptors (Lipinski definition) is 6. The molecule has 0 unspecified atom stereocenters. The fourth-order valence-corrected chi connectivity index (χ4v) is 5.22. The van der Waals surface area contributed by atoms with Gasteiger partial charge in [-0.05, 0) is 31.4 Å². The predicted molar refractivity (Wildman–Crippen MR) is 108 cm³/mol. The highest BCUT2D eigenvalue weighted by Crippen LogP contribution is 2.45. The largest absolute Gasteiger partial charge is 0.352 e. The molecule has 0 radical (unpaired) electrons. The molecule has 0 saturated carbocycles. The SMILES string of the molecule is Cc1cccn2c(=O)c3c(nc12)N1CCCCC[C@@H]1[C@]1(C3)C(=O)NC(=O)N(C)C1=O. The Morgan fingerprint density at radius 3 is 2.77 bits per heavy atom. The van der Waals surface area contributed by atoms with Gasteiger partial charge in [-0.1, -0.05) is 18.9 Å². The third kappa shape index (κ3) is 2.31. The molecule has 9 nitrogen and oxygen atoms in total. The lowest BCUT2D eigenvalue weighted by atomic mass is 9.68. The number of urea groups is 1. The van der Waals surface area contributed by atoms with Crippen LogP contribution in [0.2, 0.25) is 0 Å². The Morgan fingerprint density at radius 1 is 1.17 bits per heavy atom. The van der Waals surface area contributed by atoms with Gasteiger partial charge in [-0.25, -0.2) is 9.78 Å². The summed E-state index contributed by atoms with van der Waals surface area (Å²) in [4.78, 5) is 59.9. The van der Waals surface area contributed by atoms with Crippen molar-refractivity contribution in [3.8, 4) is 0 Å². The average molecular weight is 409 g/mol. The second kappa shape index (κ2) is 6.38. The van der Waals surface area contributed by atoms with Crippen LogP contribution in [-0.2, 0) is 16.0 Å². The topological polar surface area (TPSA) is 104 Å². The Labute approximate surface area is 172 Å². The van der Waals surface area contributed by atoms with E-state index in [1.54, 1.807) is 12.3 Å². The summed E-state index contributed by atoms with van der Waals surface area (Å²) in [5.74, 6) is -0.605. The Kier molecular flexibility index (Phi) is 4.00. The molecule has 4 amide bonds. The van der Waals surface area contributed by atoms with Crippen LogP contribution >= 0.6 is 0 Å². The van der Waals surface area contributed by atoms with E-state index in [9.17, 15) is 19.2 Å². The van der Waals surface area contributed by atoms with Crippen molar-refractivity contribution < 1.29 is 14.4 Å².